The minimum absolute atomic E-state index is 0.0208. The lowest BCUT2D eigenvalue weighted by Crippen LogP contribution is -2.45. The Morgan fingerprint density at radius 2 is 1.71 bits per heavy atom. The average molecular weight is 398 g/mol. The highest BCUT2D eigenvalue weighted by atomic mass is 79.9. The summed E-state index contributed by atoms with van der Waals surface area (Å²) in [7, 11) is 0. The zero-order valence-corrected chi connectivity index (χ0v) is 13.6. The summed E-state index contributed by atoms with van der Waals surface area (Å²) in [5.41, 5.74) is 0. The molecular formula is C12H14BrF6NS. The monoisotopic (exact) mass is 397 g/mol. The van der Waals surface area contributed by atoms with E-state index in [0.29, 0.717) is 15.8 Å². The number of rotatable bonds is 5. The van der Waals surface area contributed by atoms with Crippen LogP contribution in [0.25, 0.3) is 0 Å². The van der Waals surface area contributed by atoms with E-state index in [9.17, 15) is 26.3 Å². The van der Waals surface area contributed by atoms with Crippen molar-refractivity contribution in [3.05, 3.63) is 20.3 Å². The second-order valence-corrected chi connectivity index (χ2v) is 6.69. The Hall–Kier alpha value is -0.280. The molecule has 0 saturated carbocycles. The molecule has 1 heterocycles. The number of thiophene rings is 1. The standard InChI is InChI=1S/C12H14BrF6NS/c1-3-4-20-9(8-5-7(13)6(2)21-8)10(11(14,15)16)12(17,18)19/h5,9-10,20H,3-4H2,1-2H3. The highest BCUT2D eigenvalue weighted by Gasteiger charge is 2.60. The summed E-state index contributed by atoms with van der Waals surface area (Å²) in [4.78, 5) is 0.656. The number of nitrogens with one attached hydrogen (secondary N) is 1. The van der Waals surface area contributed by atoms with Crippen LogP contribution in [0.3, 0.4) is 0 Å². The zero-order chi connectivity index (χ0) is 16.4. The summed E-state index contributed by atoms with van der Waals surface area (Å²) in [6.45, 7) is 3.38. The van der Waals surface area contributed by atoms with Crippen molar-refractivity contribution < 1.29 is 26.3 Å². The van der Waals surface area contributed by atoms with Crippen LogP contribution in [0.1, 0.15) is 29.1 Å². The van der Waals surface area contributed by atoms with Gasteiger partial charge < -0.3 is 5.32 Å². The molecule has 21 heavy (non-hydrogen) atoms. The van der Waals surface area contributed by atoms with Gasteiger partial charge in [-0.3, -0.25) is 0 Å². The normalized spacial score (nSPS) is 14.8. The van der Waals surface area contributed by atoms with Crippen LogP contribution in [0, 0.1) is 12.8 Å². The third-order valence-corrected chi connectivity index (χ3v) is 5.06. The van der Waals surface area contributed by atoms with Gasteiger partial charge in [-0.15, -0.1) is 11.3 Å². The third kappa shape index (κ3) is 4.85. The predicted octanol–water partition coefficient (Wildman–Crippen LogP) is 5.60. The molecule has 0 amide bonds. The smallest absolute Gasteiger partial charge is 0.308 e. The van der Waals surface area contributed by atoms with E-state index in [1.165, 1.54) is 6.07 Å². The topological polar surface area (TPSA) is 12.0 Å². The van der Waals surface area contributed by atoms with E-state index in [-0.39, 0.29) is 11.4 Å². The summed E-state index contributed by atoms with van der Waals surface area (Å²) < 4.78 is 78.0. The van der Waals surface area contributed by atoms with E-state index in [4.69, 9.17) is 0 Å². The largest absolute Gasteiger partial charge is 0.402 e. The van der Waals surface area contributed by atoms with Gasteiger partial charge in [-0.2, -0.15) is 26.3 Å². The SMILES string of the molecule is CCCNC(c1cc(Br)c(C)s1)C(C(F)(F)F)C(F)(F)F. The summed E-state index contributed by atoms with van der Waals surface area (Å²) in [6, 6.07) is -0.516. The first kappa shape index (κ1) is 18.8. The van der Waals surface area contributed by atoms with Crippen molar-refractivity contribution in [2.75, 3.05) is 6.54 Å². The minimum atomic E-state index is -5.37. The van der Waals surface area contributed by atoms with Gasteiger partial charge >= 0.3 is 12.4 Å². The Morgan fingerprint density at radius 3 is 2.05 bits per heavy atom. The lowest BCUT2D eigenvalue weighted by Gasteiger charge is -2.30. The van der Waals surface area contributed by atoms with E-state index in [1.807, 2.05) is 0 Å². The first-order valence-corrected chi connectivity index (χ1v) is 7.72. The molecule has 1 N–H and O–H groups in total. The third-order valence-electron chi connectivity index (χ3n) is 2.84. The first-order valence-electron chi connectivity index (χ1n) is 6.11. The molecule has 1 nitrogen and oxygen atoms in total. The second-order valence-electron chi connectivity index (χ2n) is 4.55. The van der Waals surface area contributed by atoms with E-state index >= 15 is 0 Å². The van der Waals surface area contributed by atoms with Crippen molar-refractivity contribution in [3.63, 3.8) is 0 Å². The summed E-state index contributed by atoms with van der Waals surface area (Å²) in [5.74, 6) is -3.43. The minimum Gasteiger partial charge on any atom is -0.308 e. The molecule has 0 bridgehead atoms. The fourth-order valence-electron chi connectivity index (χ4n) is 1.88. The van der Waals surface area contributed by atoms with Gasteiger partial charge in [-0.1, -0.05) is 6.92 Å². The quantitative estimate of drug-likeness (QED) is 0.637. The molecule has 1 aromatic heterocycles. The van der Waals surface area contributed by atoms with Gasteiger partial charge in [0.25, 0.3) is 0 Å². The van der Waals surface area contributed by atoms with Crippen molar-refractivity contribution in [1.29, 1.82) is 0 Å². The van der Waals surface area contributed by atoms with Gasteiger partial charge in [0.2, 0.25) is 0 Å². The van der Waals surface area contributed by atoms with Crippen LogP contribution in [0.2, 0.25) is 0 Å². The highest BCUT2D eigenvalue weighted by Crippen LogP contribution is 2.48. The van der Waals surface area contributed by atoms with Crippen LogP contribution in [-0.2, 0) is 0 Å². The number of halogens is 7. The van der Waals surface area contributed by atoms with Crippen LogP contribution < -0.4 is 5.32 Å². The number of hydrogen-bond donors (Lipinski definition) is 1. The molecule has 0 spiro atoms. The van der Waals surface area contributed by atoms with Crippen LogP contribution in [0.4, 0.5) is 26.3 Å². The highest BCUT2D eigenvalue weighted by molar-refractivity contribution is 9.10. The van der Waals surface area contributed by atoms with E-state index in [2.05, 4.69) is 21.2 Å². The van der Waals surface area contributed by atoms with Crippen molar-refractivity contribution in [2.24, 2.45) is 5.92 Å². The molecule has 1 unspecified atom stereocenters. The molecule has 122 valence electrons. The van der Waals surface area contributed by atoms with Crippen LogP contribution >= 0.6 is 27.3 Å². The molecule has 0 aliphatic carbocycles. The lowest BCUT2D eigenvalue weighted by atomic mass is 9.96. The Bertz CT molecular complexity index is 434. The Balaban J connectivity index is 3.26. The van der Waals surface area contributed by atoms with Crippen molar-refractivity contribution in [2.45, 2.75) is 38.7 Å². The molecule has 0 aromatic carbocycles. The fraction of sp³-hybridized carbons (Fsp3) is 0.667. The number of aryl methyl sites for hydroxylation is 1. The van der Waals surface area contributed by atoms with Gasteiger partial charge in [0, 0.05) is 14.2 Å². The molecule has 1 atom stereocenters. The van der Waals surface area contributed by atoms with Gasteiger partial charge in [0.1, 0.15) is 0 Å². The summed E-state index contributed by atoms with van der Waals surface area (Å²) in [5, 5.41) is 2.39. The van der Waals surface area contributed by atoms with Crippen LogP contribution in [0.15, 0.2) is 10.5 Å². The molecule has 0 aliphatic rings. The molecule has 1 aromatic rings. The van der Waals surface area contributed by atoms with Crippen LogP contribution in [0.5, 0.6) is 0 Å². The summed E-state index contributed by atoms with van der Waals surface area (Å²) >= 11 is 4.05. The van der Waals surface area contributed by atoms with Gasteiger partial charge in [-0.25, -0.2) is 0 Å². The Kier molecular flexibility index (Phi) is 6.14. The molecule has 1 rings (SSSR count). The second kappa shape index (κ2) is 6.87. The van der Waals surface area contributed by atoms with Crippen molar-refractivity contribution in [1.82, 2.24) is 5.32 Å². The maximum Gasteiger partial charge on any atom is 0.402 e. The van der Waals surface area contributed by atoms with E-state index < -0.39 is 24.3 Å². The predicted molar refractivity (Wildman–Crippen MR) is 73.4 cm³/mol. The van der Waals surface area contributed by atoms with Gasteiger partial charge in [0.15, 0.2) is 5.92 Å². The van der Waals surface area contributed by atoms with E-state index in [1.54, 1.807) is 13.8 Å². The molecule has 9 heteroatoms. The van der Waals surface area contributed by atoms with Crippen molar-refractivity contribution >= 4 is 27.3 Å². The fourth-order valence-corrected chi connectivity index (χ4v) is 3.55. The van der Waals surface area contributed by atoms with E-state index in [0.717, 1.165) is 11.3 Å². The zero-order valence-electron chi connectivity index (χ0n) is 11.2. The number of hydrogen-bond acceptors (Lipinski definition) is 2. The summed E-state index contributed by atoms with van der Waals surface area (Å²) in [6.07, 6.45) is -10.3. The van der Waals surface area contributed by atoms with Crippen molar-refractivity contribution in [3.8, 4) is 0 Å². The van der Waals surface area contributed by atoms with Gasteiger partial charge in [0.05, 0.1) is 6.04 Å². The molecule has 0 fully saturated rings. The molecular weight excluding hydrogens is 384 g/mol. The average Bonchev–Trinajstić information content (AvgIpc) is 2.61. The molecule has 0 radical (unpaired) electrons. The van der Waals surface area contributed by atoms with Gasteiger partial charge in [-0.05, 0) is 41.9 Å². The maximum absolute atomic E-state index is 12.9. The first-order chi connectivity index (χ1) is 9.48. The maximum atomic E-state index is 12.9. The van der Waals surface area contributed by atoms with Crippen LogP contribution in [-0.4, -0.2) is 18.9 Å². The molecule has 0 saturated heterocycles. The lowest BCUT2D eigenvalue weighted by molar-refractivity contribution is -0.292. The Morgan fingerprint density at radius 1 is 1.19 bits per heavy atom. The Labute approximate surface area is 130 Å². The molecule has 0 aliphatic heterocycles. The number of alkyl halides is 6.